The quantitative estimate of drug-likeness (QED) is 0.189. The number of aliphatic imine (C=N–C) groups is 1. The average molecular weight is 667 g/mol. The van der Waals surface area contributed by atoms with E-state index in [1.165, 1.54) is 51.9 Å². The Balaban J connectivity index is 1.17. The van der Waals surface area contributed by atoms with Gasteiger partial charge < -0.3 is 14.8 Å². The first-order valence-corrected chi connectivity index (χ1v) is 15.8. The van der Waals surface area contributed by atoms with E-state index in [1.54, 1.807) is 13.2 Å². The number of methoxy groups -OCH3 is 1. The van der Waals surface area contributed by atoms with E-state index < -0.39 is 12.4 Å². The van der Waals surface area contributed by atoms with Gasteiger partial charge in [-0.3, -0.25) is 9.69 Å². The number of halogens is 3. The maximum atomic E-state index is 12.8. The van der Waals surface area contributed by atoms with E-state index in [1.807, 2.05) is 50.2 Å². The SMILES string of the molecule is COc1ccc(C(C)C)c(N2C(=O)CSC2=NC(=O)NCCC(C)c2ccc(-c3ncn(-c4ccc(OC(F)(F)F)cc4)n3)cc2)c1. The standard InChI is InChI=1S/C33H33F3N6O4S/c1-20(2)27-14-13-26(45-4)17-28(27)42-29(43)18-47-32(42)39-31(44)37-16-15-21(3)22-5-7-23(8-6-22)30-38-19-41(40-30)24-9-11-25(12-10-24)46-33(34,35)36/h5-14,17,19-21H,15-16,18H2,1-4H3,(H,37,44). The number of thioether (sulfide) groups is 1. The number of anilines is 1. The molecule has 1 N–H and O–H groups in total. The van der Waals surface area contributed by atoms with Crippen LogP contribution in [0.3, 0.4) is 0 Å². The molecule has 47 heavy (non-hydrogen) atoms. The third kappa shape index (κ3) is 8.30. The molecule has 0 saturated carbocycles. The van der Waals surface area contributed by atoms with Crippen molar-refractivity contribution in [3.05, 3.63) is 84.2 Å². The molecule has 0 radical (unpaired) electrons. The van der Waals surface area contributed by atoms with Crippen molar-refractivity contribution < 1.29 is 32.2 Å². The first-order valence-electron chi connectivity index (χ1n) is 14.8. The fourth-order valence-electron chi connectivity index (χ4n) is 4.98. The number of amides is 3. The summed E-state index contributed by atoms with van der Waals surface area (Å²) in [6, 6.07) is 18.1. The number of ether oxygens (including phenoxy) is 2. The number of alkyl halides is 3. The lowest BCUT2D eigenvalue weighted by Crippen LogP contribution is -2.32. The van der Waals surface area contributed by atoms with Crippen molar-refractivity contribution in [1.82, 2.24) is 20.1 Å². The van der Waals surface area contributed by atoms with Crippen molar-refractivity contribution in [3.8, 4) is 28.6 Å². The van der Waals surface area contributed by atoms with Crippen LogP contribution in [0.1, 0.15) is 50.2 Å². The molecule has 246 valence electrons. The molecule has 4 aromatic rings. The molecule has 10 nitrogen and oxygen atoms in total. The van der Waals surface area contributed by atoms with E-state index in [-0.39, 0.29) is 29.2 Å². The van der Waals surface area contributed by atoms with Crippen LogP contribution in [0.25, 0.3) is 17.1 Å². The zero-order chi connectivity index (χ0) is 33.7. The summed E-state index contributed by atoms with van der Waals surface area (Å²) in [7, 11) is 1.56. The Kier molecular flexibility index (Phi) is 10.2. The number of urea groups is 1. The fourth-order valence-corrected chi connectivity index (χ4v) is 5.84. The first-order chi connectivity index (χ1) is 22.4. The van der Waals surface area contributed by atoms with Crippen molar-refractivity contribution in [3.63, 3.8) is 0 Å². The highest BCUT2D eigenvalue weighted by Gasteiger charge is 2.33. The monoisotopic (exact) mass is 666 g/mol. The van der Waals surface area contributed by atoms with E-state index in [9.17, 15) is 22.8 Å². The molecule has 0 bridgehead atoms. The van der Waals surface area contributed by atoms with Crippen LogP contribution in [-0.2, 0) is 4.79 Å². The van der Waals surface area contributed by atoms with Crippen molar-refractivity contribution in [2.75, 3.05) is 24.3 Å². The molecule has 0 spiro atoms. The van der Waals surface area contributed by atoms with Gasteiger partial charge in [-0.25, -0.2) is 14.5 Å². The third-order valence-electron chi connectivity index (χ3n) is 7.48. The van der Waals surface area contributed by atoms with Gasteiger partial charge in [-0.1, -0.05) is 62.9 Å². The van der Waals surface area contributed by atoms with Crippen LogP contribution < -0.4 is 19.7 Å². The summed E-state index contributed by atoms with van der Waals surface area (Å²) in [4.78, 5) is 35.7. The predicted molar refractivity (Wildman–Crippen MR) is 174 cm³/mol. The Morgan fingerprint density at radius 1 is 1.04 bits per heavy atom. The summed E-state index contributed by atoms with van der Waals surface area (Å²) in [5.74, 6) is 1.05. The van der Waals surface area contributed by atoms with Gasteiger partial charge in [0.1, 0.15) is 17.8 Å². The summed E-state index contributed by atoms with van der Waals surface area (Å²) < 4.78 is 48.0. The van der Waals surface area contributed by atoms with Gasteiger partial charge in [0.15, 0.2) is 11.0 Å². The van der Waals surface area contributed by atoms with Crippen LogP contribution in [0, 0.1) is 0 Å². The molecule has 14 heteroatoms. The number of carbonyl (C=O) groups is 2. The number of rotatable bonds is 10. The largest absolute Gasteiger partial charge is 0.573 e. The van der Waals surface area contributed by atoms with Crippen LogP contribution in [0.4, 0.5) is 23.7 Å². The van der Waals surface area contributed by atoms with Gasteiger partial charge in [0.2, 0.25) is 5.91 Å². The van der Waals surface area contributed by atoms with Crippen molar-refractivity contribution >= 4 is 34.6 Å². The lowest BCUT2D eigenvalue weighted by atomic mass is 9.96. The minimum Gasteiger partial charge on any atom is -0.497 e. The maximum absolute atomic E-state index is 12.8. The van der Waals surface area contributed by atoms with E-state index in [4.69, 9.17) is 4.74 Å². The number of benzene rings is 3. The molecule has 2 heterocycles. The van der Waals surface area contributed by atoms with Gasteiger partial charge in [0.25, 0.3) is 0 Å². The Morgan fingerprint density at radius 2 is 1.74 bits per heavy atom. The Labute approximate surface area is 274 Å². The van der Waals surface area contributed by atoms with Crippen LogP contribution in [0.15, 0.2) is 78.0 Å². The Morgan fingerprint density at radius 3 is 2.40 bits per heavy atom. The summed E-state index contributed by atoms with van der Waals surface area (Å²) in [6.45, 7) is 6.50. The second-order valence-corrected chi connectivity index (χ2v) is 12.0. The topological polar surface area (TPSA) is 111 Å². The zero-order valence-electron chi connectivity index (χ0n) is 26.1. The molecule has 1 aromatic heterocycles. The highest BCUT2D eigenvalue weighted by molar-refractivity contribution is 8.15. The van der Waals surface area contributed by atoms with Gasteiger partial charge in [-0.2, -0.15) is 4.99 Å². The second kappa shape index (κ2) is 14.3. The zero-order valence-corrected chi connectivity index (χ0v) is 26.9. The number of amidine groups is 1. The van der Waals surface area contributed by atoms with Crippen LogP contribution in [0.5, 0.6) is 11.5 Å². The Bertz CT molecular complexity index is 1760. The van der Waals surface area contributed by atoms with E-state index in [0.717, 1.165) is 16.7 Å². The molecule has 1 saturated heterocycles. The predicted octanol–water partition coefficient (Wildman–Crippen LogP) is 7.30. The smallest absolute Gasteiger partial charge is 0.497 e. The molecule has 1 fully saturated rings. The van der Waals surface area contributed by atoms with Crippen molar-refractivity contribution in [2.24, 2.45) is 4.99 Å². The van der Waals surface area contributed by atoms with Crippen molar-refractivity contribution in [2.45, 2.75) is 45.4 Å². The normalized spacial score (nSPS) is 14.9. The minimum absolute atomic E-state index is 0.115. The molecule has 0 aliphatic carbocycles. The number of hydrogen-bond acceptors (Lipinski definition) is 7. The van der Waals surface area contributed by atoms with Crippen molar-refractivity contribution in [1.29, 1.82) is 0 Å². The van der Waals surface area contributed by atoms with E-state index in [2.05, 4.69) is 32.1 Å². The third-order valence-corrected chi connectivity index (χ3v) is 8.40. The number of nitrogens with zero attached hydrogens (tertiary/aromatic N) is 5. The molecule has 3 aromatic carbocycles. The summed E-state index contributed by atoms with van der Waals surface area (Å²) in [5, 5.41) is 7.61. The highest BCUT2D eigenvalue weighted by Crippen LogP contribution is 2.36. The van der Waals surface area contributed by atoms with E-state index in [0.29, 0.717) is 41.1 Å². The van der Waals surface area contributed by atoms with Crippen LogP contribution in [0.2, 0.25) is 0 Å². The summed E-state index contributed by atoms with van der Waals surface area (Å²) >= 11 is 1.22. The maximum Gasteiger partial charge on any atom is 0.573 e. The number of nitrogens with one attached hydrogen (secondary N) is 1. The second-order valence-electron chi connectivity index (χ2n) is 11.1. The van der Waals surface area contributed by atoms with Gasteiger partial charge in [-0.15, -0.1) is 18.3 Å². The molecule has 5 rings (SSSR count). The summed E-state index contributed by atoms with van der Waals surface area (Å²) in [5.41, 5.74) is 3.96. The number of aromatic nitrogens is 3. The van der Waals surface area contributed by atoms with Crippen LogP contribution in [-0.4, -0.2) is 57.6 Å². The number of hydrogen-bond donors (Lipinski definition) is 1. The van der Waals surface area contributed by atoms with Gasteiger partial charge >= 0.3 is 12.4 Å². The molecular formula is C33H33F3N6O4S. The van der Waals surface area contributed by atoms with E-state index >= 15 is 0 Å². The lowest BCUT2D eigenvalue weighted by molar-refractivity contribution is -0.274. The average Bonchev–Trinajstić information content (AvgIpc) is 3.67. The molecule has 1 aliphatic heterocycles. The minimum atomic E-state index is -4.76. The Hall–Kier alpha value is -4.85. The van der Waals surface area contributed by atoms with Gasteiger partial charge in [0.05, 0.1) is 24.2 Å². The highest BCUT2D eigenvalue weighted by atomic mass is 32.2. The first kappa shape index (κ1) is 33.5. The van der Waals surface area contributed by atoms with Crippen LogP contribution >= 0.6 is 11.8 Å². The fraction of sp³-hybridized carbons (Fsp3) is 0.303. The van der Waals surface area contributed by atoms with Gasteiger partial charge in [-0.05, 0) is 59.7 Å². The molecule has 1 aliphatic rings. The molecule has 1 atom stereocenters. The summed E-state index contributed by atoms with van der Waals surface area (Å²) in [6.07, 6.45) is -2.62. The molecular weight excluding hydrogens is 633 g/mol. The molecule has 1 unspecified atom stereocenters. The lowest BCUT2D eigenvalue weighted by Gasteiger charge is -2.22. The molecule has 3 amide bonds. The van der Waals surface area contributed by atoms with Gasteiger partial charge in [0, 0.05) is 18.2 Å². The number of carbonyl (C=O) groups excluding carboxylic acids is 2.